The first kappa shape index (κ1) is 16.7. The van der Waals surface area contributed by atoms with Gasteiger partial charge in [-0.1, -0.05) is 48.5 Å². The van der Waals surface area contributed by atoms with Gasteiger partial charge >= 0.3 is 0 Å². The molecule has 26 heavy (non-hydrogen) atoms. The van der Waals surface area contributed by atoms with Gasteiger partial charge in [0.25, 0.3) is 0 Å². The molecule has 4 nitrogen and oxygen atoms in total. The van der Waals surface area contributed by atoms with Crippen molar-refractivity contribution in [3.05, 3.63) is 84.7 Å². The Morgan fingerprint density at radius 3 is 2.69 bits per heavy atom. The fraction of sp³-hybridized carbons (Fsp3) is 0.143. The predicted molar refractivity (Wildman–Crippen MR) is 110 cm³/mol. The number of nitrogens with zero attached hydrogens (tertiary/aromatic N) is 2. The maximum absolute atomic E-state index is 5.62. The summed E-state index contributed by atoms with van der Waals surface area (Å²) in [7, 11) is 0. The highest BCUT2D eigenvalue weighted by Gasteiger charge is 2.24. The average molecular weight is 360 g/mol. The summed E-state index contributed by atoms with van der Waals surface area (Å²) in [4.78, 5) is 6.35. The lowest BCUT2D eigenvalue weighted by molar-refractivity contribution is 0.514. The van der Waals surface area contributed by atoms with Crippen LogP contribution < -0.4 is 10.6 Å². The van der Waals surface area contributed by atoms with E-state index in [0.29, 0.717) is 6.04 Å². The fourth-order valence-electron chi connectivity index (χ4n) is 3.15. The van der Waals surface area contributed by atoms with Gasteiger partial charge in [0.2, 0.25) is 0 Å². The molecule has 1 atom stereocenters. The number of anilines is 1. The largest absolute Gasteiger partial charge is 0.334 e. The maximum Gasteiger partial charge on any atom is 0.174 e. The summed E-state index contributed by atoms with van der Waals surface area (Å²) in [6.07, 6.45) is 3.65. The van der Waals surface area contributed by atoms with Gasteiger partial charge in [0.15, 0.2) is 5.11 Å². The molecule has 0 radical (unpaired) electrons. The molecule has 1 aliphatic heterocycles. The van der Waals surface area contributed by atoms with Crippen LogP contribution in [0.3, 0.4) is 0 Å². The third-order valence-electron chi connectivity index (χ3n) is 4.53. The predicted octanol–water partition coefficient (Wildman–Crippen LogP) is 4.05. The van der Waals surface area contributed by atoms with Gasteiger partial charge in [0.1, 0.15) is 0 Å². The Morgan fingerprint density at radius 2 is 1.88 bits per heavy atom. The van der Waals surface area contributed by atoms with E-state index in [4.69, 9.17) is 12.2 Å². The second-order valence-electron chi connectivity index (χ2n) is 6.30. The molecule has 5 heteroatoms. The van der Waals surface area contributed by atoms with Gasteiger partial charge in [0.05, 0.1) is 12.7 Å². The molecular formula is C21H20N4S. The molecular weight excluding hydrogens is 340 g/mol. The molecule has 130 valence electrons. The number of pyridine rings is 1. The molecule has 0 unspecified atom stereocenters. The zero-order chi connectivity index (χ0) is 17.8. The highest BCUT2D eigenvalue weighted by atomic mass is 32.1. The highest BCUT2D eigenvalue weighted by molar-refractivity contribution is 7.80. The van der Waals surface area contributed by atoms with Gasteiger partial charge in [-0.15, -0.1) is 0 Å². The van der Waals surface area contributed by atoms with E-state index in [1.54, 1.807) is 6.20 Å². The van der Waals surface area contributed by atoms with Crippen molar-refractivity contribution in [2.45, 2.75) is 6.04 Å². The average Bonchev–Trinajstić information content (AvgIpc) is 3.20. The maximum atomic E-state index is 5.62. The fourth-order valence-corrected chi connectivity index (χ4v) is 3.40. The molecule has 1 fully saturated rings. The van der Waals surface area contributed by atoms with Gasteiger partial charge in [-0.2, -0.15) is 0 Å². The van der Waals surface area contributed by atoms with Gasteiger partial charge in [-0.05, 0) is 41.5 Å². The smallest absolute Gasteiger partial charge is 0.174 e. The molecule has 1 saturated heterocycles. The number of nitrogens with one attached hydrogen (secondary N) is 2. The topological polar surface area (TPSA) is 40.2 Å². The van der Waals surface area contributed by atoms with E-state index >= 15 is 0 Å². The van der Waals surface area contributed by atoms with E-state index in [2.05, 4.69) is 63.0 Å². The lowest BCUT2D eigenvalue weighted by Crippen LogP contribution is -2.33. The first-order valence-corrected chi connectivity index (χ1v) is 9.05. The van der Waals surface area contributed by atoms with Gasteiger partial charge in [-0.3, -0.25) is 10.3 Å². The lowest BCUT2D eigenvalue weighted by Gasteiger charge is -2.20. The van der Waals surface area contributed by atoms with E-state index in [0.717, 1.165) is 35.1 Å². The number of hydrogen-bond donors (Lipinski definition) is 2. The lowest BCUT2D eigenvalue weighted by atomic mass is 10.1. The van der Waals surface area contributed by atoms with E-state index in [1.165, 1.54) is 5.56 Å². The van der Waals surface area contributed by atoms with Crippen molar-refractivity contribution < 1.29 is 0 Å². The molecule has 0 spiro atoms. The minimum atomic E-state index is 0.303. The third-order valence-corrected chi connectivity index (χ3v) is 4.89. The third kappa shape index (κ3) is 3.74. The van der Waals surface area contributed by atoms with Crippen LogP contribution in [0.4, 0.5) is 5.69 Å². The molecule has 0 amide bonds. The van der Waals surface area contributed by atoms with Crippen LogP contribution in [0.2, 0.25) is 0 Å². The Balaban J connectivity index is 1.43. The van der Waals surface area contributed by atoms with Crippen molar-refractivity contribution in [2.24, 2.45) is 0 Å². The number of benzene rings is 2. The van der Waals surface area contributed by atoms with Gasteiger partial charge in [-0.25, -0.2) is 0 Å². The Bertz CT molecular complexity index is 883. The highest BCUT2D eigenvalue weighted by Crippen LogP contribution is 2.23. The van der Waals surface area contributed by atoms with Crippen LogP contribution in [0.5, 0.6) is 0 Å². The van der Waals surface area contributed by atoms with Crippen molar-refractivity contribution in [1.29, 1.82) is 0 Å². The summed E-state index contributed by atoms with van der Waals surface area (Å²) >= 11 is 5.62. The number of aromatic nitrogens is 1. The van der Waals surface area contributed by atoms with Crippen molar-refractivity contribution in [3.63, 3.8) is 0 Å². The molecule has 4 rings (SSSR count). The number of hydrogen-bond acceptors (Lipinski definition) is 3. The van der Waals surface area contributed by atoms with Crippen molar-refractivity contribution in [3.8, 4) is 11.1 Å². The summed E-state index contributed by atoms with van der Waals surface area (Å²) < 4.78 is 0. The Labute approximate surface area is 158 Å². The second-order valence-corrected chi connectivity index (χ2v) is 6.69. The minimum absolute atomic E-state index is 0.303. The van der Waals surface area contributed by atoms with Crippen LogP contribution >= 0.6 is 12.2 Å². The Hall–Kier alpha value is -2.76. The van der Waals surface area contributed by atoms with Crippen LogP contribution in [0.1, 0.15) is 11.6 Å². The molecule has 1 aliphatic rings. The van der Waals surface area contributed by atoms with Gasteiger partial charge < -0.3 is 10.2 Å². The standard InChI is InChI=1S/C21H20N4S/c26-21(25-14-20(23-15-25)16-6-2-1-3-7-16)24-19-10-4-8-17(12-19)18-9-5-11-22-13-18/h1-13,20,23H,14-15H2,(H,24,26)/t20-/m1/s1. The zero-order valence-corrected chi connectivity index (χ0v) is 15.1. The summed E-state index contributed by atoms with van der Waals surface area (Å²) in [5.41, 5.74) is 4.48. The van der Waals surface area contributed by atoms with Crippen molar-refractivity contribution in [1.82, 2.24) is 15.2 Å². The van der Waals surface area contributed by atoms with Crippen LogP contribution in [-0.2, 0) is 0 Å². The molecule has 3 aromatic rings. The monoisotopic (exact) mass is 360 g/mol. The van der Waals surface area contributed by atoms with Crippen molar-refractivity contribution >= 4 is 23.0 Å². The summed E-state index contributed by atoms with van der Waals surface area (Å²) in [6, 6.07) is 23.0. The first-order chi connectivity index (χ1) is 12.8. The van der Waals surface area contributed by atoms with E-state index in [1.807, 2.05) is 30.5 Å². The first-order valence-electron chi connectivity index (χ1n) is 8.64. The molecule has 0 saturated carbocycles. The Kier molecular flexibility index (Phi) is 4.91. The molecule has 0 aliphatic carbocycles. The number of thiocarbonyl (C=S) groups is 1. The SMILES string of the molecule is S=C(Nc1cccc(-c2cccnc2)c1)N1CN[C@@H](c2ccccc2)C1. The van der Waals surface area contributed by atoms with E-state index in [-0.39, 0.29) is 0 Å². The normalized spacial score (nSPS) is 16.5. The molecule has 0 bridgehead atoms. The second kappa shape index (κ2) is 7.64. The molecule has 2 aromatic carbocycles. The molecule has 1 aromatic heterocycles. The summed E-state index contributed by atoms with van der Waals surface area (Å²) in [5.74, 6) is 0. The molecule has 2 N–H and O–H groups in total. The minimum Gasteiger partial charge on any atom is -0.334 e. The Morgan fingerprint density at radius 1 is 1.04 bits per heavy atom. The van der Waals surface area contributed by atoms with Crippen LogP contribution in [-0.4, -0.2) is 28.2 Å². The van der Waals surface area contributed by atoms with E-state index < -0.39 is 0 Å². The zero-order valence-electron chi connectivity index (χ0n) is 14.3. The summed E-state index contributed by atoms with van der Waals surface area (Å²) in [5, 5.41) is 7.62. The van der Waals surface area contributed by atoms with Gasteiger partial charge in [0, 0.05) is 30.2 Å². The summed E-state index contributed by atoms with van der Waals surface area (Å²) in [6.45, 7) is 1.60. The van der Waals surface area contributed by atoms with E-state index in [9.17, 15) is 0 Å². The number of rotatable bonds is 3. The van der Waals surface area contributed by atoms with Crippen LogP contribution in [0, 0.1) is 0 Å². The quantitative estimate of drug-likeness (QED) is 0.690. The molecule has 2 heterocycles. The van der Waals surface area contributed by atoms with Crippen LogP contribution in [0.15, 0.2) is 79.1 Å². The van der Waals surface area contributed by atoms with Crippen molar-refractivity contribution in [2.75, 3.05) is 18.5 Å². The van der Waals surface area contributed by atoms with Crippen LogP contribution in [0.25, 0.3) is 11.1 Å².